The van der Waals surface area contributed by atoms with Gasteiger partial charge in [0.15, 0.2) is 5.69 Å². The Morgan fingerprint density at radius 2 is 1.69 bits per heavy atom. The zero-order valence-electron chi connectivity index (χ0n) is 15.1. The number of rotatable bonds is 3. The van der Waals surface area contributed by atoms with Gasteiger partial charge in [-0.2, -0.15) is 5.10 Å². The predicted octanol–water partition coefficient (Wildman–Crippen LogP) is 2.54. The fraction of sp³-hybridized carbons (Fsp3) is 0.300. The van der Waals surface area contributed by atoms with Crippen LogP contribution in [0.25, 0.3) is 10.9 Å². The van der Waals surface area contributed by atoms with E-state index in [4.69, 9.17) is 4.74 Å². The maximum Gasteiger partial charge on any atom is 0.275 e. The molecule has 26 heavy (non-hydrogen) atoms. The Bertz CT molecular complexity index is 925. The van der Waals surface area contributed by atoms with E-state index in [1.54, 1.807) is 11.8 Å². The number of fused-ring (bicyclic) bond motifs is 1. The van der Waals surface area contributed by atoms with Gasteiger partial charge in [-0.15, -0.1) is 0 Å². The van der Waals surface area contributed by atoms with Crippen molar-refractivity contribution in [2.45, 2.75) is 0 Å². The maximum absolute atomic E-state index is 13.0. The number of methoxy groups -OCH3 is 1. The Morgan fingerprint density at radius 3 is 2.38 bits per heavy atom. The molecule has 1 fully saturated rings. The Morgan fingerprint density at radius 1 is 1.00 bits per heavy atom. The predicted molar refractivity (Wildman–Crippen MR) is 102 cm³/mol. The number of para-hydroxylation sites is 1. The molecule has 3 aromatic rings. The van der Waals surface area contributed by atoms with Gasteiger partial charge >= 0.3 is 0 Å². The Kier molecular flexibility index (Phi) is 4.24. The minimum absolute atomic E-state index is 0.0104. The molecule has 134 valence electrons. The summed E-state index contributed by atoms with van der Waals surface area (Å²) in [4.78, 5) is 17.2. The molecule has 6 nitrogen and oxygen atoms in total. The maximum atomic E-state index is 13.0. The van der Waals surface area contributed by atoms with Crippen LogP contribution >= 0.6 is 0 Å². The smallest absolute Gasteiger partial charge is 0.275 e. The van der Waals surface area contributed by atoms with Gasteiger partial charge in [-0.05, 0) is 30.3 Å². The van der Waals surface area contributed by atoms with E-state index in [-0.39, 0.29) is 5.91 Å². The molecule has 0 bridgehead atoms. The largest absolute Gasteiger partial charge is 0.497 e. The summed E-state index contributed by atoms with van der Waals surface area (Å²) in [6.45, 7) is 3.00. The third kappa shape index (κ3) is 2.87. The van der Waals surface area contributed by atoms with Crippen LogP contribution in [-0.4, -0.2) is 53.9 Å². The number of aryl methyl sites for hydroxylation is 1. The van der Waals surface area contributed by atoms with Gasteiger partial charge in [0.2, 0.25) is 0 Å². The summed E-state index contributed by atoms with van der Waals surface area (Å²) in [5.74, 6) is 0.862. The highest BCUT2D eigenvalue weighted by atomic mass is 16.5. The van der Waals surface area contributed by atoms with E-state index in [9.17, 15) is 4.79 Å². The summed E-state index contributed by atoms with van der Waals surface area (Å²) < 4.78 is 6.98. The molecule has 0 aliphatic carbocycles. The van der Waals surface area contributed by atoms with Crippen LogP contribution in [0.4, 0.5) is 5.69 Å². The van der Waals surface area contributed by atoms with Crippen molar-refractivity contribution >= 4 is 22.5 Å². The van der Waals surface area contributed by atoms with Crippen LogP contribution in [0.3, 0.4) is 0 Å². The molecule has 1 saturated heterocycles. The molecule has 1 aromatic heterocycles. The summed E-state index contributed by atoms with van der Waals surface area (Å²) in [7, 11) is 3.54. The quantitative estimate of drug-likeness (QED) is 0.728. The van der Waals surface area contributed by atoms with E-state index >= 15 is 0 Å². The molecule has 4 rings (SSSR count). The van der Waals surface area contributed by atoms with Gasteiger partial charge in [0.25, 0.3) is 5.91 Å². The lowest BCUT2D eigenvalue weighted by molar-refractivity contribution is 0.0742. The highest BCUT2D eigenvalue weighted by molar-refractivity contribution is 6.04. The third-order valence-electron chi connectivity index (χ3n) is 4.96. The molecule has 0 unspecified atom stereocenters. The lowest BCUT2D eigenvalue weighted by atomic mass is 10.1. The number of nitrogens with zero attached hydrogens (tertiary/aromatic N) is 4. The first-order valence-electron chi connectivity index (χ1n) is 8.77. The standard InChI is InChI=1S/C20H22N4O2/c1-22-18-6-4-3-5-17(18)19(21-22)20(25)24-13-11-23(12-14-24)15-7-9-16(26-2)10-8-15/h3-10H,11-14H2,1-2H3. The number of aromatic nitrogens is 2. The molecule has 2 heterocycles. The van der Waals surface area contributed by atoms with Gasteiger partial charge in [0.1, 0.15) is 5.75 Å². The SMILES string of the molecule is COc1ccc(N2CCN(C(=O)c3nn(C)c4ccccc34)CC2)cc1. The van der Waals surface area contributed by atoms with Crippen LogP contribution in [-0.2, 0) is 7.05 Å². The van der Waals surface area contributed by atoms with Crippen molar-refractivity contribution < 1.29 is 9.53 Å². The molecule has 2 aromatic carbocycles. The fourth-order valence-corrected chi connectivity index (χ4v) is 3.48. The minimum atomic E-state index is 0.0104. The first-order valence-corrected chi connectivity index (χ1v) is 8.77. The number of benzene rings is 2. The number of amides is 1. The van der Waals surface area contributed by atoms with Crippen molar-refractivity contribution in [1.82, 2.24) is 14.7 Å². The average molecular weight is 350 g/mol. The molecule has 0 atom stereocenters. The number of carbonyl (C=O) groups is 1. The highest BCUT2D eigenvalue weighted by Crippen LogP contribution is 2.22. The molecule has 0 spiro atoms. The zero-order valence-corrected chi connectivity index (χ0v) is 15.1. The highest BCUT2D eigenvalue weighted by Gasteiger charge is 2.25. The van der Waals surface area contributed by atoms with Gasteiger partial charge in [-0.1, -0.05) is 18.2 Å². The molecule has 6 heteroatoms. The molecular formula is C20H22N4O2. The first-order chi connectivity index (χ1) is 12.7. The van der Waals surface area contributed by atoms with Crippen molar-refractivity contribution in [1.29, 1.82) is 0 Å². The second-order valence-electron chi connectivity index (χ2n) is 6.47. The first kappa shape index (κ1) is 16.4. The molecule has 1 aliphatic rings. The summed E-state index contributed by atoms with van der Waals surface area (Å²) in [6.07, 6.45) is 0. The topological polar surface area (TPSA) is 50.6 Å². The van der Waals surface area contributed by atoms with Gasteiger partial charge in [0, 0.05) is 44.3 Å². The fourth-order valence-electron chi connectivity index (χ4n) is 3.48. The average Bonchev–Trinajstić information content (AvgIpc) is 3.05. The summed E-state index contributed by atoms with van der Waals surface area (Å²) in [6, 6.07) is 15.9. The Balaban J connectivity index is 1.47. The van der Waals surface area contributed by atoms with E-state index in [0.29, 0.717) is 18.8 Å². The van der Waals surface area contributed by atoms with Gasteiger partial charge in [0.05, 0.1) is 12.6 Å². The van der Waals surface area contributed by atoms with Gasteiger partial charge in [-0.25, -0.2) is 0 Å². The molecule has 1 amide bonds. The normalized spacial score (nSPS) is 14.7. The van der Waals surface area contributed by atoms with Crippen molar-refractivity contribution in [3.05, 3.63) is 54.2 Å². The molecule has 0 saturated carbocycles. The number of anilines is 1. The molecular weight excluding hydrogens is 328 g/mol. The number of hydrogen-bond acceptors (Lipinski definition) is 4. The van der Waals surface area contributed by atoms with Crippen LogP contribution in [0, 0.1) is 0 Å². The Hall–Kier alpha value is -3.02. The Labute approximate surface area is 152 Å². The summed E-state index contributed by atoms with van der Waals surface area (Å²) in [5.41, 5.74) is 2.68. The summed E-state index contributed by atoms with van der Waals surface area (Å²) >= 11 is 0. The van der Waals surface area contributed by atoms with Crippen LogP contribution in [0.1, 0.15) is 10.5 Å². The van der Waals surface area contributed by atoms with E-state index in [1.165, 1.54) is 0 Å². The van der Waals surface area contributed by atoms with Crippen molar-refractivity contribution in [3.63, 3.8) is 0 Å². The van der Waals surface area contributed by atoms with Crippen LogP contribution < -0.4 is 9.64 Å². The van der Waals surface area contributed by atoms with E-state index in [1.807, 2.05) is 48.3 Å². The van der Waals surface area contributed by atoms with Gasteiger partial charge < -0.3 is 14.5 Å². The van der Waals surface area contributed by atoms with Crippen molar-refractivity contribution in [3.8, 4) is 5.75 Å². The van der Waals surface area contributed by atoms with E-state index in [0.717, 1.165) is 35.4 Å². The second kappa shape index (κ2) is 6.71. The number of piperazine rings is 1. The minimum Gasteiger partial charge on any atom is -0.497 e. The van der Waals surface area contributed by atoms with E-state index in [2.05, 4.69) is 22.1 Å². The zero-order chi connectivity index (χ0) is 18.1. The van der Waals surface area contributed by atoms with E-state index < -0.39 is 0 Å². The number of ether oxygens (including phenoxy) is 1. The van der Waals surface area contributed by atoms with Gasteiger partial charge in [-0.3, -0.25) is 9.48 Å². The second-order valence-corrected chi connectivity index (χ2v) is 6.47. The van der Waals surface area contributed by atoms with Crippen molar-refractivity contribution in [2.24, 2.45) is 7.05 Å². The van der Waals surface area contributed by atoms with Crippen LogP contribution in [0.2, 0.25) is 0 Å². The molecule has 0 N–H and O–H groups in total. The van der Waals surface area contributed by atoms with Crippen LogP contribution in [0.5, 0.6) is 5.75 Å². The molecule has 1 aliphatic heterocycles. The summed E-state index contributed by atoms with van der Waals surface area (Å²) in [5, 5.41) is 5.37. The number of carbonyl (C=O) groups excluding carboxylic acids is 1. The third-order valence-corrected chi connectivity index (χ3v) is 4.96. The number of hydrogen-bond donors (Lipinski definition) is 0. The monoisotopic (exact) mass is 350 g/mol. The van der Waals surface area contributed by atoms with Crippen molar-refractivity contribution in [2.75, 3.05) is 38.2 Å². The lowest BCUT2D eigenvalue weighted by Crippen LogP contribution is -2.49. The molecule has 0 radical (unpaired) electrons. The lowest BCUT2D eigenvalue weighted by Gasteiger charge is -2.35. The van der Waals surface area contributed by atoms with Crippen LogP contribution in [0.15, 0.2) is 48.5 Å².